The highest BCUT2D eigenvalue weighted by Crippen LogP contribution is 2.42. The Labute approximate surface area is 84.7 Å². The highest BCUT2D eigenvalue weighted by molar-refractivity contribution is 5.28. The van der Waals surface area contributed by atoms with Gasteiger partial charge in [-0.15, -0.1) is 0 Å². The van der Waals surface area contributed by atoms with Crippen LogP contribution in [-0.2, 0) is 0 Å². The molecule has 0 saturated heterocycles. The van der Waals surface area contributed by atoms with Crippen LogP contribution in [0.15, 0.2) is 10.6 Å². The topological polar surface area (TPSA) is 52.0 Å². The van der Waals surface area contributed by atoms with Gasteiger partial charge in [-0.2, -0.15) is 0 Å². The van der Waals surface area contributed by atoms with E-state index in [1.807, 2.05) is 6.07 Å². The molecule has 3 heteroatoms. The number of anilines is 1. The number of hydrogen-bond donors (Lipinski definition) is 1. The van der Waals surface area contributed by atoms with E-state index in [-0.39, 0.29) is 0 Å². The van der Waals surface area contributed by atoms with Crippen LogP contribution in [0.1, 0.15) is 51.2 Å². The summed E-state index contributed by atoms with van der Waals surface area (Å²) in [6.45, 7) is 4.66. The summed E-state index contributed by atoms with van der Waals surface area (Å²) < 4.78 is 5.20. The predicted octanol–water partition coefficient (Wildman–Crippen LogP) is 2.94. The summed E-state index contributed by atoms with van der Waals surface area (Å²) in [6.07, 6.45) is 4.92. The van der Waals surface area contributed by atoms with Gasteiger partial charge in [0, 0.05) is 12.0 Å². The van der Waals surface area contributed by atoms with Gasteiger partial charge in [0.25, 0.3) is 0 Å². The first-order valence-electron chi connectivity index (χ1n) is 5.29. The number of nitrogens with two attached hydrogens (primary N) is 1. The van der Waals surface area contributed by atoms with Crippen LogP contribution in [0.3, 0.4) is 0 Å². The van der Waals surface area contributed by atoms with Crippen molar-refractivity contribution in [2.24, 2.45) is 5.41 Å². The molecule has 0 atom stereocenters. The summed E-state index contributed by atoms with van der Waals surface area (Å²) in [5.41, 5.74) is 6.04. The van der Waals surface area contributed by atoms with E-state index in [0.29, 0.717) is 17.2 Å². The zero-order valence-electron chi connectivity index (χ0n) is 8.92. The van der Waals surface area contributed by atoms with E-state index in [4.69, 9.17) is 10.3 Å². The van der Waals surface area contributed by atoms with Crippen molar-refractivity contribution >= 4 is 5.82 Å². The molecule has 1 aliphatic rings. The van der Waals surface area contributed by atoms with Gasteiger partial charge in [-0.3, -0.25) is 0 Å². The SMILES string of the molecule is CC1(C)CCC(c2cc(N)no2)CC1. The van der Waals surface area contributed by atoms with Gasteiger partial charge >= 0.3 is 0 Å². The minimum atomic E-state index is 0.502. The van der Waals surface area contributed by atoms with Crippen molar-refractivity contribution in [1.82, 2.24) is 5.16 Å². The molecule has 2 N–H and O–H groups in total. The highest BCUT2D eigenvalue weighted by Gasteiger charge is 2.29. The molecule has 0 radical (unpaired) electrons. The first-order valence-corrected chi connectivity index (χ1v) is 5.29. The molecule has 1 heterocycles. The molecule has 1 aromatic rings. The van der Waals surface area contributed by atoms with Crippen LogP contribution in [0.4, 0.5) is 5.82 Å². The van der Waals surface area contributed by atoms with E-state index in [2.05, 4.69) is 19.0 Å². The minimum absolute atomic E-state index is 0.502. The van der Waals surface area contributed by atoms with E-state index in [1.54, 1.807) is 0 Å². The summed E-state index contributed by atoms with van der Waals surface area (Å²) >= 11 is 0. The molecule has 1 aromatic heterocycles. The molecular formula is C11H18N2O. The van der Waals surface area contributed by atoms with E-state index >= 15 is 0 Å². The Morgan fingerprint density at radius 3 is 2.57 bits per heavy atom. The van der Waals surface area contributed by atoms with Crippen molar-refractivity contribution in [2.75, 3.05) is 5.73 Å². The predicted molar refractivity (Wildman–Crippen MR) is 55.9 cm³/mol. The Bertz CT molecular complexity index is 307. The van der Waals surface area contributed by atoms with Crippen LogP contribution in [0.25, 0.3) is 0 Å². The zero-order valence-corrected chi connectivity index (χ0v) is 8.92. The van der Waals surface area contributed by atoms with Crippen LogP contribution in [0.5, 0.6) is 0 Å². The maximum absolute atomic E-state index is 5.53. The smallest absolute Gasteiger partial charge is 0.167 e. The molecule has 0 aromatic carbocycles. The molecule has 3 nitrogen and oxygen atoms in total. The molecule has 1 saturated carbocycles. The van der Waals surface area contributed by atoms with Crippen molar-refractivity contribution in [3.8, 4) is 0 Å². The molecule has 0 spiro atoms. The van der Waals surface area contributed by atoms with Crippen molar-refractivity contribution in [1.29, 1.82) is 0 Å². The summed E-state index contributed by atoms with van der Waals surface area (Å²) in [5.74, 6) is 2.01. The number of hydrogen-bond acceptors (Lipinski definition) is 3. The van der Waals surface area contributed by atoms with E-state index < -0.39 is 0 Å². The van der Waals surface area contributed by atoms with Crippen LogP contribution < -0.4 is 5.73 Å². The van der Waals surface area contributed by atoms with Crippen LogP contribution in [-0.4, -0.2) is 5.16 Å². The third-order valence-electron chi connectivity index (χ3n) is 3.29. The van der Waals surface area contributed by atoms with Crippen LogP contribution >= 0.6 is 0 Å². The summed E-state index contributed by atoms with van der Waals surface area (Å²) in [5, 5.41) is 3.73. The fraction of sp³-hybridized carbons (Fsp3) is 0.727. The lowest BCUT2D eigenvalue weighted by atomic mass is 9.72. The van der Waals surface area contributed by atoms with E-state index in [1.165, 1.54) is 25.7 Å². The Balaban J connectivity index is 2.02. The Hall–Kier alpha value is -0.990. The van der Waals surface area contributed by atoms with Crippen LogP contribution in [0, 0.1) is 5.41 Å². The molecule has 0 bridgehead atoms. The number of aromatic nitrogens is 1. The molecule has 1 aliphatic carbocycles. The Kier molecular flexibility index (Phi) is 2.25. The van der Waals surface area contributed by atoms with E-state index in [0.717, 1.165) is 5.76 Å². The van der Waals surface area contributed by atoms with Crippen molar-refractivity contribution < 1.29 is 4.52 Å². The molecule has 78 valence electrons. The molecule has 0 amide bonds. The molecule has 1 fully saturated rings. The van der Waals surface area contributed by atoms with Crippen LogP contribution in [0.2, 0.25) is 0 Å². The highest BCUT2D eigenvalue weighted by atomic mass is 16.5. The second-order valence-electron chi connectivity index (χ2n) is 5.09. The number of nitrogens with zero attached hydrogens (tertiary/aromatic N) is 1. The minimum Gasteiger partial charge on any atom is -0.381 e. The van der Waals surface area contributed by atoms with Gasteiger partial charge in [-0.25, -0.2) is 0 Å². The Morgan fingerprint density at radius 2 is 2.07 bits per heavy atom. The van der Waals surface area contributed by atoms with Gasteiger partial charge < -0.3 is 10.3 Å². The fourth-order valence-electron chi connectivity index (χ4n) is 2.18. The second-order valence-corrected chi connectivity index (χ2v) is 5.09. The van der Waals surface area contributed by atoms with Crippen molar-refractivity contribution in [2.45, 2.75) is 45.4 Å². The maximum Gasteiger partial charge on any atom is 0.167 e. The molecule has 14 heavy (non-hydrogen) atoms. The monoisotopic (exact) mass is 194 g/mol. The third-order valence-corrected chi connectivity index (χ3v) is 3.29. The average molecular weight is 194 g/mol. The summed E-state index contributed by atoms with van der Waals surface area (Å²) in [4.78, 5) is 0. The summed E-state index contributed by atoms with van der Waals surface area (Å²) in [6, 6.07) is 1.86. The molecule has 0 aliphatic heterocycles. The number of nitrogen functional groups attached to an aromatic ring is 1. The van der Waals surface area contributed by atoms with Gasteiger partial charge in [0.05, 0.1) is 0 Å². The Morgan fingerprint density at radius 1 is 1.43 bits per heavy atom. The van der Waals surface area contributed by atoms with Gasteiger partial charge in [0.15, 0.2) is 5.82 Å². The van der Waals surface area contributed by atoms with Crippen molar-refractivity contribution in [3.63, 3.8) is 0 Å². The average Bonchev–Trinajstić information content (AvgIpc) is 2.52. The molecule has 0 unspecified atom stereocenters. The first-order chi connectivity index (χ1) is 6.57. The third kappa shape index (κ3) is 1.91. The van der Waals surface area contributed by atoms with Gasteiger partial charge in [0.1, 0.15) is 5.76 Å². The normalized spacial score (nSPS) is 22.4. The lowest BCUT2D eigenvalue weighted by Crippen LogP contribution is -2.19. The van der Waals surface area contributed by atoms with E-state index in [9.17, 15) is 0 Å². The first kappa shape index (κ1) is 9.56. The van der Waals surface area contributed by atoms with Gasteiger partial charge in [-0.1, -0.05) is 19.0 Å². The van der Waals surface area contributed by atoms with Crippen molar-refractivity contribution in [3.05, 3.63) is 11.8 Å². The fourth-order valence-corrected chi connectivity index (χ4v) is 2.18. The lowest BCUT2D eigenvalue weighted by molar-refractivity contribution is 0.205. The largest absolute Gasteiger partial charge is 0.381 e. The lowest BCUT2D eigenvalue weighted by Gasteiger charge is -2.33. The van der Waals surface area contributed by atoms with Gasteiger partial charge in [0.2, 0.25) is 0 Å². The molecule has 2 rings (SSSR count). The zero-order chi connectivity index (χ0) is 10.2. The quantitative estimate of drug-likeness (QED) is 0.747. The number of rotatable bonds is 1. The van der Waals surface area contributed by atoms with Gasteiger partial charge in [-0.05, 0) is 31.1 Å². The molecular weight excluding hydrogens is 176 g/mol. The standard InChI is InChI=1S/C11H18N2O/c1-11(2)5-3-8(4-6-11)9-7-10(12)13-14-9/h7-8H,3-6H2,1-2H3,(H2,12,13). The maximum atomic E-state index is 5.53. The second kappa shape index (κ2) is 3.30. The summed E-state index contributed by atoms with van der Waals surface area (Å²) in [7, 11) is 0.